The molecule has 1 unspecified atom stereocenters. The van der Waals surface area contributed by atoms with Gasteiger partial charge in [-0.1, -0.05) is 42.5 Å². The third-order valence-corrected chi connectivity index (χ3v) is 6.84. The predicted molar refractivity (Wildman–Crippen MR) is 139 cm³/mol. The summed E-state index contributed by atoms with van der Waals surface area (Å²) in [5.74, 6) is -0.266. The Morgan fingerprint density at radius 2 is 1.75 bits per heavy atom. The van der Waals surface area contributed by atoms with E-state index in [0.29, 0.717) is 18.6 Å². The number of aromatic nitrogens is 1. The number of amides is 1. The molecule has 7 heteroatoms. The van der Waals surface area contributed by atoms with Crippen molar-refractivity contribution in [3.8, 4) is 5.75 Å². The van der Waals surface area contributed by atoms with Crippen molar-refractivity contribution in [1.82, 2.24) is 14.8 Å². The summed E-state index contributed by atoms with van der Waals surface area (Å²) in [7, 11) is 0. The number of phenols is 1. The van der Waals surface area contributed by atoms with Gasteiger partial charge in [-0.3, -0.25) is 19.6 Å². The lowest BCUT2D eigenvalue weighted by Crippen LogP contribution is -2.49. The van der Waals surface area contributed by atoms with Crippen molar-refractivity contribution in [2.24, 2.45) is 0 Å². The van der Waals surface area contributed by atoms with Crippen LogP contribution in [0, 0.1) is 12.7 Å². The fourth-order valence-corrected chi connectivity index (χ4v) is 4.86. The van der Waals surface area contributed by atoms with E-state index in [0.717, 1.165) is 47.4 Å². The first-order chi connectivity index (χ1) is 17.5. The lowest BCUT2D eigenvalue weighted by atomic mass is 10.0. The number of fused-ring (bicyclic) bond motifs is 1. The maximum absolute atomic E-state index is 13.6. The van der Waals surface area contributed by atoms with Gasteiger partial charge in [-0.05, 0) is 53.9 Å². The number of halogens is 1. The zero-order valence-electron chi connectivity index (χ0n) is 20.2. The summed E-state index contributed by atoms with van der Waals surface area (Å²) in [6.07, 6.45) is 1.68. The second-order valence-corrected chi connectivity index (χ2v) is 9.21. The largest absolute Gasteiger partial charge is 0.506 e. The highest BCUT2D eigenvalue weighted by Crippen LogP contribution is 2.29. The molecule has 0 aliphatic carbocycles. The number of pyridine rings is 1. The molecular formula is C29H29FN4O2. The Morgan fingerprint density at radius 3 is 2.50 bits per heavy atom. The van der Waals surface area contributed by atoms with E-state index in [2.05, 4.69) is 20.1 Å². The molecule has 4 aromatic rings. The van der Waals surface area contributed by atoms with Crippen molar-refractivity contribution < 1.29 is 14.3 Å². The first kappa shape index (κ1) is 23.9. The Kier molecular flexibility index (Phi) is 6.93. The molecule has 0 spiro atoms. The molecular weight excluding hydrogens is 455 g/mol. The number of aryl methyl sites for hydroxylation is 1. The molecule has 6 nitrogen and oxygen atoms in total. The molecule has 1 aromatic heterocycles. The van der Waals surface area contributed by atoms with Crippen LogP contribution in [0.25, 0.3) is 10.9 Å². The van der Waals surface area contributed by atoms with Gasteiger partial charge in [0.05, 0.1) is 0 Å². The van der Waals surface area contributed by atoms with Crippen molar-refractivity contribution in [1.29, 1.82) is 0 Å². The molecule has 1 fully saturated rings. The summed E-state index contributed by atoms with van der Waals surface area (Å²) in [5.41, 5.74) is 4.26. The highest BCUT2D eigenvalue weighted by Gasteiger charge is 2.31. The van der Waals surface area contributed by atoms with Gasteiger partial charge < -0.3 is 10.4 Å². The summed E-state index contributed by atoms with van der Waals surface area (Å²) in [5, 5.41) is 14.2. The zero-order valence-corrected chi connectivity index (χ0v) is 20.2. The Morgan fingerprint density at radius 1 is 1.00 bits per heavy atom. The lowest BCUT2D eigenvalue weighted by molar-refractivity contribution is -0.122. The Labute approximate surface area is 210 Å². The monoisotopic (exact) mass is 484 g/mol. The van der Waals surface area contributed by atoms with Crippen LogP contribution < -0.4 is 5.32 Å². The van der Waals surface area contributed by atoms with Crippen LogP contribution >= 0.6 is 0 Å². The minimum absolute atomic E-state index is 0.125. The van der Waals surface area contributed by atoms with Crippen molar-refractivity contribution >= 4 is 22.5 Å². The first-order valence-electron chi connectivity index (χ1n) is 12.1. The SMILES string of the molecule is Cc1ccccc1NC(=O)C(c1ccc(F)cc1)N1CCN(Cc2ccc(O)c3ncccc23)CC1. The van der Waals surface area contributed by atoms with Crippen molar-refractivity contribution in [2.45, 2.75) is 19.5 Å². The second-order valence-electron chi connectivity index (χ2n) is 9.21. The average molecular weight is 485 g/mol. The van der Waals surface area contributed by atoms with Crippen LogP contribution in [0.15, 0.2) is 79.0 Å². The first-order valence-corrected chi connectivity index (χ1v) is 12.1. The van der Waals surface area contributed by atoms with Crippen LogP contribution in [0.5, 0.6) is 5.75 Å². The third kappa shape index (κ3) is 5.08. The summed E-state index contributed by atoms with van der Waals surface area (Å²) >= 11 is 0. The molecule has 1 saturated heterocycles. The quantitative estimate of drug-likeness (QED) is 0.408. The molecule has 0 bridgehead atoms. The standard InChI is InChI=1S/C29H29FN4O2/c1-20-5-2-3-7-25(20)32-29(36)28(21-8-11-23(30)12-9-21)34-17-15-33(16-18-34)19-22-10-13-26(35)27-24(22)6-4-14-31-27/h2-14,28,35H,15-19H2,1H3,(H,32,36). The summed E-state index contributed by atoms with van der Waals surface area (Å²) < 4.78 is 13.6. The molecule has 184 valence electrons. The maximum Gasteiger partial charge on any atom is 0.246 e. The second kappa shape index (κ2) is 10.4. The van der Waals surface area contributed by atoms with Crippen LogP contribution in [-0.4, -0.2) is 52.0 Å². The Hall–Kier alpha value is -3.81. The van der Waals surface area contributed by atoms with E-state index in [1.807, 2.05) is 49.4 Å². The highest BCUT2D eigenvalue weighted by molar-refractivity contribution is 5.96. The Balaban J connectivity index is 1.32. The fraction of sp³-hybridized carbons (Fsp3) is 0.241. The molecule has 5 rings (SSSR count). The molecule has 2 heterocycles. The average Bonchev–Trinajstić information content (AvgIpc) is 2.89. The summed E-state index contributed by atoms with van der Waals surface area (Å²) in [4.78, 5) is 22.3. The van der Waals surface area contributed by atoms with E-state index in [-0.39, 0.29) is 17.5 Å². The van der Waals surface area contributed by atoms with Gasteiger partial charge in [0, 0.05) is 50.0 Å². The van der Waals surface area contributed by atoms with E-state index in [9.17, 15) is 14.3 Å². The number of rotatable bonds is 6. The number of benzene rings is 3. The molecule has 0 radical (unpaired) electrons. The minimum atomic E-state index is -0.522. The number of hydrogen-bond acceptors (Lipinski definition) is 5. The molecule has 3 aromatic carbocycles. The van der Waals surface area contributed by atoms with Gasteiger partial charge in [0.25, 0.3) is 0 Å². The number of hydrogen-bond donors (Lipinski definition) is 2. The summed E-state index contributed by atoms with van der Waals surface area (Å²) in [6, 6.07) is 20.9. The number of phenolic OH excluding ortho intramolecular Hbond substituents is 1. The third-order valence-electron chi connectivity index (χ3n) is 6.84. The number of carbonyl (C=O) groups is 1. The molecule has 1 aliphatic rings. The number of carbonyl (C=O) groups excluding carboxylic acids is 1. The van der Waals surface area contributed by atoms with Gasteiger partial charge in [-0.15, -0.1) is 0 Å². The van der Waals surface area contributed by atoms with Crippen molar-refractivity contribution in [3.05, 3.63) is 102 Å². The van der Waals surface area contributed by atoms with E-state index in [1.165, 1.54) is 12.1 Å². The van der Waals surface area contributed by atoms with Gasteiger partial charge in [-0.2, -0.15) is 0 Å². The molecule has 1 amide bonds. The van der Waals surface area contributed by atoms with Gasteiger partial charge in [0.15, 0.2) is 0 Å². The minimum Gasteiger partial charge on any atom is -0.506 e. The number of aromatic hydroxyl groups is 1. The predicted octanol–water partition coefficient (Wildman–Crippen LogP) is 4.89. The van der Waals surface area contributed by atoms with E-state index < -0.39 is 6.04 Å². The fourth-order valence-electron chi connectivity index (χ4n) is 4.86. The van der Waals surface area contributed by atoms with E-state index >= 15 is 0 Å². The number of para-hydroxylation sites is 1. The maximum atomic E-state index is 13.6. The molecule has 2 N–H and O–H groups in total. The van der Waals surface area contributed by atoms with Gasteiger partial charge >= 0.3 is 0 Å². The number of piperazine rings is 1. The van der Waals surface area contributed by atoms with Crippen LogP contribution in [0.1, 0.15) is 22.7 Å². The van der Waals surface area contributed by atoms with Gasteiger partial charge in [0.1, 0.15) is 23.1 Å². The topological polar surface area (TPSA) is 68.7 Å². The molecule has 1 atom stereocenters. The van der Waals surface area contributed by atoms with Crippen molar-refractivity contribution in [3.63, 3.8) is 0 Å². The van der Waals surface area contributed by atoms with E-state index in [4.69, 9.17) is 0 Å². The number of anilines is 1. The van der Waals surface area contributed by atoms with Crippen LogP contribution in [0.4, 0.5) is 10.1 Å². The molecule has 36 heavy (non-hydrogen) atoms. The Bertz CT molecular complexity index is 1370. The normalized spacial score (nSPS) is 15.6. The van der Waals surface area contributed by atoms with Crippen LogP contribution in [0.2, 0.25) is 0 Å². The highest BCUT2D eigenvalue weighted by atomic mass is 19.1. The van der Waals surface area contributed by atoms with Crippen molar-refractivity contribution in [2.75, 3.05) is 31.5 Å². The zero-order chi connectivity index (χ0) is 25.1. The summed E-state index contributed by atoms with van der Waals surface area (Å²) in [6.45, 7) is 5.63. The number of nitrogens with one attached hydrogen (secondary N) is 1. The molecule has 1 aliphatic heterocycles. The van der Waals surface area contributed by atoms with Gasteiger partial charge in [0.2, 0.25) is 5.91 Å². The molecule has 0 saturated carbocycles. The lowest BCUT2D eigenvalue weighted by Gasteiger charge is -2.39. The number of nitrogens with zero attached hydrogens (tertiary/aromatic N) is 3. The van der Waals surface area contributed by atoms with Crippen LogP contribution in [-0.2, 0) is 11.3 Å². The smallest absolute Gasteiger partial charge is 0.246 e. The van der Waals surface area contributed by atoms with Crippen LogP contribution in [0.3, 0.4) is 0 Å². The van der Waals surface area contributed by atoms with Gasteiger partial charge in [-0.25, -0.2) is 4.39 Å². The van der Waals surface area contributed by atoms with E-state index in [1.54, 1.807) is 24.4 Å².